The zero-order valence-electron chi connectivity index (χ0n) is 15.8. The van der Waals surface area contributed by atoms with E-state index in [1.54, 1.807) is 18.3 Å². The molecule has 0 atom stereocenters. The molecule has 3 aromatic rings. The van der Waals surface area contributed by atoms with Crippen molar-refractivity contribution in [2.75, 3.05) is 29.5 Å². The fourth-order valence-electron chi connectivity index (χ4n) is 2.61. The first-order valence-corrected chi connectivity index (χ1v) is 9.69. The van der Waals surface area contributed by atoms with Crippen LogP contribution >= 0.6 is 23.2 Å². The lowest BCUT2D eigenvalue weighted by Gasteiger charge is -2.13. The predicted molar refractivity (Wildman–Crippen MR) is 117 cm³/mol. The maximum atomic E-state index is 6.32. The lowest BCUT2D eigenvalue weighted by atomic mass is 10.2. The van der Waals surface area contributed by atoms with Crippen LogP contribution in [-0.2, 0) is 0 Å². The minimum atomic E-state index is 0.530. The molecule has 4 N–H and O–H groups in total. The van der Waals surface area contributed by atoms with E-state index in [9.17, 15) is 0 Å². The van der Waals surface area contributed by atoms with Crippen LogP contribution in [-0.4, -0.2) is 28.0 Å². The molecule has 2 aromatic heterocycles. The number of rotatable bonds is 7. The minimum Gasteiger partial charge on any atom is -0.397 e. The summed E-state index contributed by atoms with van der Waals surface area (Å²) in [6, 6.07) is 9.00. The number of nitrogens with zero attached hydrogens (tertiary/aromatic N) is 3. The van der Waals surface area contributed by atoms with Gasteiger partial charge in [0.05, 0.1) is 16.9 Å². The van der Waals surface area contributed by atoms with Crippen LogP contribution in [0.15, 0.2) is 36.5 Å². The molecule has 0 amide bonds. The van der Waals surface area contributed by atoms with Crippen molar-refractivity contribution >= 4 is 40.5 Å². The van der Waals surface area contributed by atoms with Gasteiger partial charge in [-0.25, -0.2) is 15.0 Å². The number of aromatic nitrogens is 3. The third-order valence-corrected chi connectivity index (χ3v) is 4.85. The Bertz CT molecular complexity index is 960. The standard InChI is InChI=1S/C20H22Cl2N6/c1-12-13(2)27-20(16-6-4-14(21)10-17(16)22)28-19(12)25-9-3-8-24-18-7-5-15(23)11-26-18/h4-7,10-11H,3,8-9,23H2,1-2H3,(H,24,26)(H,25,27,28). The van der Waals surface area contributed by atoms with Crippen LogP contribution in [0.3, 0.4) is 0 Å². The fraction of sp³-hybridized carbons (Fsp3) is 0.250. The van der Waals surface area contributed by atoms with Crippen molar-refractivity contribution in [3.63, 3.8) is 0 Å². The summed E-state index contributed by atoms with van der Waals surface area (Å²) in [6.45, 7) is 5.50. The number of anilines is 3. The van der Waals surface area contributed by atoms with Gasteiger partial charge < -0.3 is 16.4 Å². The van der Waals surface area contributed by atoms with E-state index >= 15 is 0 Å². The van der Waals surface area contributed by atoms with Crippen LogP contribution in [0.2, 0.25) is 10.0 Å². The normalized spacial score (nSPS) is 10.7. The molecule has 0 unspecified atom stereocenters. The minimum absolute atomic E-state index is 0.530. The van der Waals surface area contributed by atoms with Crippen LogP contribution in [0, 0.1) is 13.8 Å². The molecular formula is C20H22Cl2N6. The van der Waals surface area contributed by atoms with Crippen molar-refractivity contribution in [2.24, 2.45) is 0 Å². The summed E-state index contributed by atoms with van der Waals surface area (Å²) < 4.78 is 0. The molecule has 0 aliphatic carbocycles. The number of nitrogens with two attached hydrogens (primary N) is 1. The maximum absolute atomic E-state index is 6.32. The van der Waals surface area contributed by atoms with Crippen molar-refractivity contribution in [2.45, 2.75) is 20.3 Å². The average Bonchev–Trinajstić information content (AvgIpc) is 2.66. The average molecular weight is 417 g/mol. The Labute approximate surface area is 174 Å². The van der Waals surface area contributed by atoms with E-state index < -0.39 is 0 Å². The van der Waals surface area contributed by atoms with Gasteiger partial charge in [0, 0.05) is 34.9 Å². The molecule has 0 radical (unpaired) electrons. The molecule has 0 aliphatic heterocycles. The fourth-order valence-corrected chi connectivity index (χ4v) is 3.11. The summed E-state index contributed by atoms with van der Waals surface area (Å²) in [5.41, 5.74) is 8.97. The molecule has 0 fully saturated rings. The third kappa shape index (κ3) is 5.03. The van der Waals surface area contributed by atoms with Gasteiger partial charge in [-0.15, -0.1) is 0 Å². The number of hydrogen-bond acceptors (Lipinski definition) is 6. The van der Waals surface area contributed by atoms with Gasteiger partial charge in [-0.1, -0.05) is 23.2 Å². The maximum Gasteiger partial charge on any atom is 0.163 e. The summed E-state index contributed by atoms with van der Waals surface area (Å²) in [4.78, 5) is 13.5. The Kier molecular flexibility index (Phi) is 6.54. The zero-order valence-corrected chi connectivity index (χ0v) is 17.3. The van der Waals surface area contributed by atoms with Crippen LogP contribution in [0.1, 0.15) is 17.7 Å². The number of hydrogen-bond donors (Lipinski definition) is 3. The monoisotopic (exact) mass is 416 g/mol. The number of pyridine rings is 1. The van der Waals surface area contributed by atoms with Crippen molar-refractivity contribution in [1.82, 2.24) is 15.0 Å². The van der Waals surface area contributed by atoms with Gasteiger partial charge in [0.15, 0.2) is 5.82 Å². The van der Waals surface area contributed by atoms with E-state index in [0.29, 0.717) is 21.6 Å². The van der Waals surface area contributed by atoms with Gasteiger partial charge in [0.1, 0.15) is 11.6 Å². The highest BCUT2D eigenvalue weighted by molar-refractivity contribution is 6.36. The summed E-state index contributed by atoms with van der Waals surface area (Å²) in [5, 5.41) is 7.77. The summed E-state index contributed by atoms with van der Waals surface area (Å²) in [6.07, 6.45) is 2.53. The van der Waals surface area contributed by atoms with E-state index in [4.69, 9.17) is 28.9 Å². The molecule has 0 saturated carbocycles. The predicted octanol–water partition coefficient (Wildman–Crippen LogP) is 4.96. The van der Waals surface area contributed by atoms with Crippen LogP contribution < -0.4 is 16.4 Å². The van der Waals surface area contributed by atoms with Gasteiger partial charge >= 0.3 is 0 Å². The van der Waals surface area contributed by atoms with E-state index in [1.807, 2.05) is 32.0 Å². The molecule has 8 heteroatoms. The molecular weight excluding hydrogens is 395 g/mol. The molecule has 28 heavy (non-hydrogen) atoms. The first kappa shape index (κ1) is 20.2. The summed E-state index contributed by atoms with van der Waals surface area (Å²) in [5.74, 6) is 2.19. The Morgan fingerprint density at radius 1 is 1.00 bits per heavy atom. The molecule has 0 bridgehead atoms. The zero-order chi connectivity index (χ0) is 20.1. The van der Waals surface area contributed by atoms with Crippen molar-refractivity contribution in [1.29, 1.82) is 0 Å². The van der Waals surface area contributed by atoms with Crippen LogP contribution in [0.4, 0.5) is 17.3 Å². The van der Waals surface area contributed by atoms with Gasteiger partial charge in [-0.2, -0.15) is 0 Å². The highest BCUT2D eigenvalue weighted by atomic mass is 35.5. The molecule has 146 valence electrons. The first-order valence-electron chi connectivity index (χ1n) is 8.94. The molecule has 2 heterocycles. The van der Waals surface area contributed by atoms with Crippen molar-refractivity contribution in [3.05, 3.63) is 57.8 Å². The molecule has 0 aliphatic rings. The van der Waals surface area contributed by atoms with E-state index in [2.05, 4.69) is 25.6 Å². The Morgan fingerprint density at radius 3 is 2.50 bits per heavy atom. The van der Waals surface area contributed by atoms with Gasteiger partial charge in [0.2, 0.25) is 0 Å². The quantitative estimate of drug-likeness (QED) is 0.471. The highest BCUT2D eigenvalue weighted by Crippen LogP contribution is 2.30. The SMILES string of the molecule is Cc1nc(-c2ccc(Cl)cc2Cl)nc(NCCCNc2ccc(N)cn2)c1C. The second-order valence-corrected chi connectivity index (χ2v) is 7.26. The summed E-state index contributed by atoms with van der Waals surface area (Å²) >= 11 is 12.3. The number of nitrogens with one attached hydrogen (secondary N) is 2. The highest BCUT2D eigenvalue weighted by Gasteiger charge is 2.12. The van der Waals surface area contributed by atoms with Crippen LogP contribution in [0.5, 0.6) is 0 Å². The number of nitrogen functional groups attached to an aromatic ring is 1. The number of aryl methyl sites for hydroxylation is 1. The van der Waals surface area contributed by atoms with Crippen LogP contribution in [0.25, 0.3) is 11.4 Å². The van der Waals surface area contributed by atoms with Gasteiger partial charge in [-0.3, -0.25) is 0 Å². The topological polar surface area (TPSA) is 88.8 Å². The molecule has 6 nitrogen and oxygen atoms in total. The van der Waals surface area contributed by atoms with Gasteiger partial charge in [-0.05, 0) is 50.6 Å². The second-order valence-electron chi connectivity index (χ2n) is 6.41. The molecule has 3 rings (SSSR count). The largest absolute Gasteiger partial charge is 0.397 e. The van der Waals surface area contributed by atoms with Gasteiger partial charge in [0.25, 0.3) is 0 Å². The van der Waals surface area contributed by atoms with Crippen molar-refractivity contribution < 1.29 is 0 Å². The number of halogens is 2. The lowest BCUT2D eigenvalue weighted by molar-refractivity contribution is 0.893. The summed E-state index contributed by atoms with van der Waals surface area (Å²) in [7, 11) is 0. The second kappa shape index (κ2) is 9.08. The van der Waals surface area contributed by atoms with E-state index in [1.165, 1.54) is 0 Å². The molecule has 1 aromatic carbocycles. The van der Waals surface area contributed by atoms with E-state index in [-0.39, 0.29) is 0 Å². The third-order valence-electron chi connectivity index (χ3n) is 4.30. The van der Waals surface area contributed by atoms with E-state index in [0.717, 1.165) is 48.0 Å². The Hall–Kier alpha value is -2.57. The smallest absolute Gasteiger partial charge is 0.163 e. The molecule has 0 spiro atoms. The first-order chi connectivity index (χ1) is 13.4. The Balaban J connectivity index is 1.63. The lowest BCUT2D eigenvalue weighted by Crippen LogP contribution is -2.12. The number of benzene rings is 1. The molecule has 0 saturated heterocycles. The Morgan fingerprint density at radius 2 is 1.79 bits per heavy atom. The van der Waals surface area contributed by atoms with Crippen molar-refractivity contribution in [3.8, 4) is 11.4 Å².